The van der Waals surface area contributed by atoms with Gasteiger partial charge in [-0.25, -0.2) is 14.8 Å². The van der Waals surface area contributed by atoms with Gasteiger partial charge in [0, 0.05) is 12.1 Å². The van der Waals surface area contributed by atoms with E-state index < -0.39 is 5.97 Å². The molecule has 1 aliphatic carbocycles. The van der Waals surface area contributed by atoms with Gasteiger partial charge in [-0.05, 0) is 19.8 Å². The molecule has 15 heavy (non-hydrogen) atoms. The third-order valence-electron chi connectivity index (χ3n) is 2.20. The van der Waals surface area contributed by atoms with Crippen LogP contribution in [0, 0.1) is 0 Å². The van der Waals surface area contributed by atoms with Gasteiger partial charge < -0.3 is 4.74 Å². The smallest absolute Gasteiger partial charge is 0.342 e. The molecule has 1 heterocycles. The van der Waals surface area contributed by atoms with Crippen molar-refractivity contribution in [2.45, 2.75) is 25.7 Å². The molecule has 1 aromatic heterocycles. The summed E-state index contributed by atoms with van der Waals surface area (Å²) >= 11 is 5.88. The molecule has 0 aliphatic heterocycles. The largest absolute Gasteiger partial charge is 0.462 e. The SMILES string of the molecule is CCOC(=O)c1cnc(C2CC2)nc1Cl. The Kier molecular flexibility index (Phi) is 2.86. The van der Waals surface area contributed by atoms with Crippen molar-refractivity contribution in [3.05, 3.63) is 22.7 Å². The first-order valence-corrected chi connectivity index (χ1v) is 5.29. The number of carbonyl (C=O) groups excluding carboxylic acids is 1. The summed E-state index contributed by atoms with van der Waals surface area (Å²) in [6, 6.07) is 0. The maximum atomic E-state index is 11.4. The van der Waals surface area contributed by atoms with Crippen LogP contribution in [0.15, 0.2) is 6.20 Å². The van der Waals surface area contributed by atoms with E-state index in [1.165, 1.54) is 6.20 Å². The number of esters is 1. The predicted molar refractivity (Wildman–Crippen MR) is 55.0 cm³/mol. The number of carbonyl (C=O) groups is 1. The molecule has 5 heteroatoms. The Morgan fingerprint density at radius 1 is 1.67 bits per heavy atom. The van der Waals surface area contributed by atoms with Gasteiger partial charge in [0.1, 0.15) is 16.5 Å². The number of hydrogen-bond acceptors (Lipinski definition) is 4. The Morgan fingerprint density at radius 2 is 2.40 bits per heavy atom. The Balaban J connectivity index is 2.21. The summed E-state index contributed by atoms with van der Waals surface area (Å²) < 4.78 is 4.82. The number of nitrogens with zero attached hydrogens (tertiary/aromatic N) is 2. The maximum Gasteiger partial charge on any atom is 0.342 e. The molecule has 0 unspecified atom stereocenters. The van der Waals surface area contributed by atoms with Gasteiger partial charge in [-0.1, -0.05) is 11.6 Å². The quantitative estimate of drug-likeness (QED) is 0.586. The molecule has 0 radical (unpaired) electrons. The van der Waals surface area contributed by atoms with E-state index in [9.17, 15) is 4.79 Å². The first kappa shape index (κ1) is 10.4. The second-order valence-electron chi connectivity index (χ2n) is 3.43. The van der Waals surface area contributed by atoms with Crippen molar-refractivity contribution in [2.75, 3.05) is 6.61 Å². The predicted octanol–water partition coefficient (Wildman–Crippen LogP) is 2.18. The van der Waals surface area contributed by atoms with Gasteiger partial charge >= 0.3 is 5.97 Å². The summed E-state index contributed by atoms with van der Waals surface area (Å²) in [4.78, 5) is 19.6. The van der Waals surface area contributed by atoms with Gasteiger partial charge in [0.2, 0.25) is 0 Å². The van der Waals surface area contributed by atoms with Crippen molar-refractivity contribution < 1.29 is 9.53 Å². The second kappa shape index (κ2) is 4.14. The van der Waals surface area contributed by atoms with Crippen LogP contribution in [0.3, 0.4) is 0 Å². The van der Waals surface area contributed by atoms with Crippen molar-refractivity contribution in [1.82, 2.24) is 9.97 Å². The van der Waals surface area contributed by atoms with Gasteiger partial charge in [0.05, 0.1) is 6.61 Å². The van der Waals surface area contributed by atoms with Gasteiger partial charge in [0.15, 0.2) is 0 Å². The molecule has 0 N–H and O–H groups in total. The lowest BCUT2D eigenvalue weighted by molar-refractivity contribution is 0.0525. The number of ether oxygens (including phenoxy) is 1. The fourth-order valence-electron chi connectivity index (χ4n) is 1.26. The normalized spacial score (nSPS) is 15.1. The second-order valence-corrected chi connectivity index (χ2v) is 3.79. The topological polar surface area (TPSA) is 52.1 Å². The lowest BCUT2D eigenvalue weighted by Crippen LogP contribution is -2.08. The standard InChI is InChI=1S/C10H11ClN2O2/c1-2-15-10(14)7-5-12-9(6-3-4-6)13-8(7)11/h5-6H,2-4H2,1H3. The summed E-state index contributed by atoms with van der Waals surface area (Å²) in [5, 5.41) is 0.186. The number of rotatable bonds is 3. The molecule has 80 valence electrons. The minimum Gasteiger partial charge on any atom is -0.462 e. The highest BCUT2D eigenvalue weighted by molar-refractivity contribution is 6.32. The minimum atomic E-state index is -0.468. The first-order chi connectivity index (χ1) is 7.22. The molecule has 1 saturated carbocycles. The lowest BCUT2D eigenvalue weighted by Gasteiger charge is -2.04. The van der Waals surface area contributed by atoms with E-state index in [2.05, 4.69) is 9.97 Å². The molecular formula is C10H11ClN2O2. The molecule has 0 spiro atoms. The monoisotopic (exact) mass is 226 g/mol. The van der Waals surface area contributed by atoms with E-state index >= 15 is 0 Å². The van der Waals surface area contributed by atoms with Crippen LogP contribution in [-0.4, -0.2) is 22.5 Å². The van der Waals surface area contributed by atoms with Crippen LogP contribution in [0.25, 0.3) is 0 Å². The molecule has 4 nitrogen and oxygen atoms in total. The highest BCUT2D eigenvalue weighted by atomic mass is 35.5. The van der Waals surface area contributed by atoms with Gasteiger partial charge in [-0.2, -0.15) is 0 Å². The van der Waals surface area contributed by atoms with Crippen LogP contribution in [0.5, 0.6) is 0 Å². The third kappa shape index (κ3) is 2.26. The molecule has 0 bridgehead atoms. The highest BCUT2D eigenvalue weighted by Gasteiger charge is 2.27. The highest BCUT2D eigenvalue weighted by Crippen LogP contribution is 2.38. The molecule has 1 aliphatic rings. The van der Waals surface area contributed by atoms with E-state index in [4.69, 9.17) is 16.3 Å². The lowest BCUT2D eigenvalue weighted by atomic mass is 10.3. The van der Waals surface area contributed by atoms with Crippen LogP contribution >= 0.6 is 11.6 Å². The van der Waals surface area contributed by atoms with Crippen LogP contribution < -0.4 is 0 Å². The van der Waals surface area contributed by atoms with Crippen molar-refractivity contribution in [1.29, 1.82) is 0 Å². The summed E-state index contributed by atoms with van der Waals surface area (Å²) in [6.07, 6.45) is 3.66. The zero-order valence-electron chi connectivity index (χ0n) is 8.36. The molecule has 0 amide bonds. The van der Waals surface area contributed by atoms with Crippen molar-refractivity contribution in [2.24, 2.45) is 0 Å². The van der Waals surface area contributed by atoms with Gasteiger partial charge in [0.25, 0.3) is 0 Å². The van der Waals surface area contributed by atoms with E-state index in [-0.39, 0.29) is 10.7 Å². The first-order valence-electron chi connectivity index (χ1n) is 4.92. The maximum absolute atomic E-state index is 11.4. The van der Waals surface area contributed by atoms with Gasteiger partial charge in [-0.15, -0.1) is 0 Å². The van der Waals surface area contributed by atoms with Crippen molar-refractivity contribution in [3.8, 4) is 0 Å². The molecule has 2 rings (SSSR count). The summed E-state index contributed by atoms with van der Waals surface area (Å²) in [5.74, 6) is 0.691. The molecule has 1 fully saturated rings. The van der Waals surface area contributed by atoms with E-state index in [1.807, 2.05) is 0 Å². The zero-order chi connectivity index (χ0) is 10.8. The van der Waals surface area contributed by atoms with E-state index in [0.29, 0.717) is 12.5 Å². The fourth-order valence-corrected chi connectivity index (χ4v) is 1.47. The average Bonchev–Trinajstić information content (AvgIpc) is 3.01. The minimum absolute atomic E-state index is 0.186. The molecular weight excluding hydrogens is 216 g/mol. The molecule has 0 aromatic carbocycles. The molecule has 1 aromatic rings. The van der Waals surface area contributed by atoms with Crippen LogP contribution in [0.1, 0.15) is 41.9 Å². The number of halogens is 1. The number of hydrogen-bond donors (Lipinski definition) is 0. The molecule has 0 atom stereocenters. The van der Waals surface area contributed by atoms with Crippen LogP contribution in [-0.2, 0) is 4.74 Å². The zero-order valence-corrected chi connectivity index (χ0v) is 9.12. The summed E-state index contributed by atoms with van der Waals surface area (Å²) in [7, 11) is 0. The Hall–Kier alpha value is -1.16. The fraction of sp³-hybridized carbons (Fsp3) is 0.500. The van der Waals surface area contributed by atoms with E-state index in [1.54, 1.807) is 6.92 Å². The summed E-state index contributed by atoms with van der Waals surface area (Å²) in [5.41, 5.74) is 0.239. The van der Waals surface area contributed by atoms with Gasteiger partial charge in [-0.3, -0.25) is 0 Å². The van der Waals surface area contributed by atoms with E-state index in [0.717, 1.165) is 18.7 Å². The van der Waals surface area contributed by atoms with Crippen LogP contribution in [0.2, 0.25) is 5.15 Å². The molecule has 0 saturated heterocycles. The number of aromatic nitrogens is 2. The third-order valence-corrected chi connectivity index (χ3v) is 2.49. The van der Waals surface area contributed by atoms with Crippen LogP contribution in [0.4, 0.5) is 0 Å². The Morgan fingerprint density at radius 3 is 2.93 bits per heavy atom. The summed E-state index contributed by atoms with van der Waals surface area (Å²) in [6.45, 7) is 2.06. The Bertz CT molecular complexity index is 391. The average molecular weight is 227 g/mol. The van der Waals surface area contributed by atoms with Crippen molar-refractivity contribution >= 4 is 17.6 Å². The van der Waals surface area contributed by atoms with Crippen molar-refractivity contribution in [3.63, 3.8) is 0 Å². The Labute approximate surface area is 92.6 Å².